The number of carbonyl (C=O) groups is 2. The summed E-state index contributed by atoms with van der Waals surface area (Å²) in [5.74, 6) is -1.28. The molecule has 0 bridgehead atoms. The van der Waals surface area contributed by atoms with E-state index in [4.69, 9.17) is 0 Å². The zero-order valence-electron chi connectivity index (χ0n) is 13.1. The normalized spacial score (nSPS) is 17.5. The van der Waals surface area contributed by atoms with Crippen molar-refractivity contribution in [2.24, 2.45) is 4.99 Å². The van der Waals surface area contributed by atoms with E-state index in [0.29, 0.717) is 17.4 Å². The molecule has 0 spiro atoms. The lowest BCUT2D eigenvalue weighted by Gasteiger charge is -2.14. The van der Waals surface area contributed by atoms with Gasteiger partial charge in [0.05, 0.1) is 24.2 Å². The maximum absolute atomic E-state index is 13.1. The van der Waals surface area contributed by atoms with Crippen LogP contribution in [0.25, 0.3) is 0 Å². The maximum Gasteiger partial charge on any atom is 0.331 e. The molecule has 2 heterocycles. The van der Waals surface area contributed by atoms with Gasteiger partial charge < -0.3 is 4.74 Å². The lowest BCUT2D eigenvalue weighted by atomic mass is 10.3. The van der Waals surface area contributed by atoms with Crippen molar-refractivity contribution in [3.63, 3.8) is 0 Å². The van der Waals surface area contributed by atoms with Crippen LogP contribution in [-0.2, 0) is 20.9 Å². The summed E-state index contributed by atoms with van der Waals surface area (Å²) in [6, 6.07) is 9.47. The second-order valence-corrected chi connectivity index (χ2v) is 7.02. The van der Waals surface area contributed by atoms with Gasteiger partial charge in [-0.2, -0.15) is 0 Å². The second kappa shape index (κ2) is 7.62. The number of halogens is 1. The van der Waals surface area contributed by atoms with E-state index in [1.807, 2.05) is 17.5 Å². The first-order valence-corrected chi connectivity index (χ1v) is 8.92. The number of thiophene rings is 1. The SMILES string of the molecule is COC(=O)/C=C1\SC(=Nc2ccc(F)cc2)N(Cc2cccs2)C1=O. The fourth-order valence-corrected chi connectivity index (χ4v) is 3.73. The second-order valence-electron chi connectivity index (χ2n) is 4.98. The van der Waals surface area contributed by atoms with E-state index in [0.717, 1.165) is 22.7 Å². The maximum atomic E-state index is 13.1. The van der Waals surface area contributed by atoms with Gasteiger partial charge in [-0.1, -0.05) is 6.07 Å². The Morgan fingerprint density at radius 3 is 2.72 bits per heavy atom. The van der Waals surface area contributed by atoms with Crippen LogP contribution < -0.4 is 0 Å². The summed E-state index contributed by atoms with van der Waals surface area (Å²) in [6.45, 7) is 0.349. The molecule has 1 aromatic carbocycles. The predicted molar refractivity (Wildman–Crippen MR) is 96.1 cm³/mol. The van der Waals surface area contributed by atoms with Crippen LogP contribution in [0.3, 0.4) is 0 Å². The number of esters is 1. The Morgan fingerprint density at radius 2 is 2.08 bits per heavy atom. The van der Waals surface area contributed by atoms with Crippen molar-refractivity contribution in [3.8, 4) is 0 Å². The first-order valence-electron chi connectivity index (χ1n) is 7.23. The molecule has 1 aliphatic rings. The molecular formula is C17H13FN2O3S2. The first kappa shape index (κ1) is 17.4. The average Bonchev–Trinajstić information content (AvgIpc) is 3.21. The Hall–Kier alpha value is -2.45. The highest BCUT2D eigenvalue weighted by atomic mass is 32.2. The van der Waals surface area contributed by atoms with E-state index in [2.05, 4.69) is 9.73 Å². The summed E-state index contributed by atoms with van der Waals surface area (Å²) >= 11 is 2.61. The zero-order valence-corrected chi connectivity index (χ0v) is 14.8. The monoisotopic (exact) mass is 376 g/mol. The third-order valence-electron chi connectivity index (χ3n) is 3.28. The fraction of sp³-hybridized carbons (Fsp3) is 0.118. The van der Waals surface area contributed by atoms with Crippen LogP contribution in [-0.4, -0.2) is 29.1 Å². The van der Waals surface area contributed by atoms with Crippen molar-refractivity contribution < 1.29 is 18.7 Å². The number of hydrogen-bond acceptors (Lipinski definition) is 6. The molecule has 0 radical (unpaired) electrons. The Morgan fingerprint density at radius 1 is 1.32 bits per heavy atom. The minimum Gasteiger partial charge on any atom is -0.466 e. The Labute approximate surface area is 151 Å². The molecule has 25 heavy (non-hydrogen) atoms. The van der Waals surface area contributed by atoms with Gasteiger partial charge in [0.2, 0.25) is 0 Å². The van der Waals surface area contributed by atoms with E-state index in [9.17, 15) is 14.0 Å². The number of amidine groups is 1. The largest absolute Gasteiger partial charge is 0.466 e. The van der Waals surface area contributed by atoms with Gasteiger partial charge in [0.25, 0.3) is 5.91 Å². The molecule has 1 saturated heterocycles. The van der Waals surface area contributed by atoms with Crippen LogP contribution in [0.2, 0.25) is 0 Å². The van der Waals surface area contributed by atoms with Crippen LogP contribution >= 0.6 is 23.1 Å². The van der Waals surface area contributed by atoms with E-state index in [1.54, 1.807) is 0 Å². The average molecular weight is 376 g/mol. The number of amides is 1. The van der Waals surface area contributed by atoms with Gasteiger partial charge in [-0.05, 0) is 47.5 Å². The quantitative estimate of drug-likeness (QED) is 0.603. The van der Waals surface area contributed by atoms with E-state index < -0.39 is 5.97 Å². The molecule has 3 rings (SSSR count). The van der Waals surface area contributed by atoms with Gasteiger partial charge in [-0.25, -0.2) is 14.2 Å². The van der Waals surface area contributed by atoms with Crippen molar-refractivity contribution >= 4 is 45.8 Å². The molecule has 8 heteroatoms. The van der Waals surface area contributed by atoms with Gasteiger partial charge >= 0.3 is 5.97 Å². The standard InChI is InChI=1S/C17H13FN2O3S2/c1-23-15(21)9-14-16(22)20(10-13-3-2-8-24-13)17(25-14)19-12-6-4-11(18)5-7-12/h2-9H,10H2,1H3/b14-9-,19-17?. The number of rotatable bonds is 4. The summed E-state index contributed by atoms with van der Waals surface area (Å²) in [4.78, 5) is 31.3. The molecule has 128 valence electrons. The van der Waals surface area contributed by atoms with E-state index in [1.165, 1.54) is 47.6 Å². The van der Waals surface area contributed by atoms with Crippen molar-refractivity contribution in [3.05, 3.63) is 63.5 Å². The molecule has 1 aromatic heterocycles. The topological polar surface area (TPSA) is 59.0 Å². The molecule has 1 aliphatic heterocycles. The number of benzene rings is 1. The van der Waals surface area contributed by atoms with Crippen molar-refractivity contribution in [1.29, 1.82) is 0 Å². The molecule has 1 fully saturated rings. The summed E-state index contributed by atoms with van der Waals surface area (Å²) in [5.41, 5.74) is 0.521. The first-order chi connectivity index (χ1) is 12.1. The van der Waals surface area contributed by atoms with Gasteiger partial charge in [-0.15, -0.1) is 11.3 Å². The molecule has 0 unspecified atom stereocenters. The summed E-state index contributed by atoms with van der Waals surface area (Å²) in [5, 5.41) is 2.35. The predicted octanol–water partition coefficient (Wildman–Crippen LogP) is 3.71. The van der Waals surface area contributed by atoms with Gasteiger partial charge in [0.1, 0.15) is 5.82 Å². The smallest absolute Gasteiger partial charge is 0.331 e. The molecule has 0 saturated carbocycles. The van der Waals surface area contributed by atoms with E-state index >= 15 is 0 Å². The lowest BCUT2D eigenvalue weighted by Crippen LogP contribution is -2.28. The highest BCUT2D eigenvalue weighted by Gasteiger charge is 2.34. The third kappa shape index (κ3) is 4.15. The Kier molecular flexibility index (Phi) is 5.30. The zero-order chi connectivity index (χ0) is 17.8. The highest BCUT2D eigenvalue weighted by molar-refractivity contribution is 8.18. The van der Waals surface area contributed by atoms with Crippen molar-refractivity contribution in [1.82, 2.24) is 4.90 Å². The number of aliphatic imine (C=N–C) groups is 1. The fourth-order valence-electron chi connectivity index (χ4n) is 2.08. The van der Waals surface area contributed by atoms with Crippen LogP contribution in [0.4, 0.5) is 10.1 Å². The molecular weight excluding hydrogens is 363 g/mol. The number of ether oxygens (including phenoxy) is 1. The van der Waals surface area contributed by atoms with Gasteiger partial charge in [0.15, 0.2) is 5.17 Å². The Balaban J connectivity index is 1.94. The number of methoxy groups -OCH3 is 1. The van der Waals surface area contributed by atoms with Crippen LogP contribution in [0.15, 0.2) is 57.8 Å². The Bertz CT molecular complexity index is 845. The van der Waals surface area contributed by atoms with Crippen LogP contribution in [0.1, 0.15) is 4.88 Å². The van der Waals surface area contributed by atoms with Crippen molar-refractivity contribution in [2.45, 2.75) is 6.54 Å². The summed E-state index contributed by atoms with van der Waals surface area (Å²) in [6.07, 6.45) is 1.15. The molecule has 5 nitrogen and oxygen atoms in total. The van der Waals surface area contributed by atoms with Crippen molar-refractivity contribution in [2.75, 3.05) is 7.11 Å². The minimum absolute atomic E-state index is 0.240. The highest BCUT2D eigenvalue weighted by Crippen LogP contribution is 2.34. The number of carbonyl (C=O) groups excluding carboxylic acids is 2. The van der Waals surface area contributed by atoms with E-state index in [-0.39, 0.29) is 16.6 Å². The molecule has 0 atom stereocenters. The summed E-state index contributed by atoms with van der Waals surface area (Å²) < 4.78 is 17.6. The number of hydrogen-bond donors (Lipinski definition) is 0. The molecule has 1 amide bonds. The van der Waals surface area contributed by atoms with Crippen LogP contribution in [0, 0.1) is 5.82 Å². The minimum atomic E-state index is -0.602. The van der Waals surface area contributed by atoms with Gasteiger partial charge in [-0.3, -0.25) is 9.69 Å². The summed E-state index contributed by atoms with van der Waals surface area (Å²) in [7, 11) is 1.25. The number of nitrogens with zero attached hydrogens (tertiary/aromatic N) is 2. The molecule has 0 aliphatic carbocycles. The number of thioether (sulfide) groups is 1. The molecule has 2 aromatic rings. The van der Waals surface area contributed by atoms with Crippen LogP contribution in [0.5, 0.6) is 0 Å². The van der Waals surface area contributed by atoms with Gasteiger partial charge in [0, 0.05) is 11.0 Å². The lowest BCUT2D eigenvalue weighted by molar-refractivity contribution is -0.135. The third-order valence-corrected chi connectivity index (χ3v) is 5.15. The molecule has 0 N–H and O–H groups in total.